The number of benzene rings is 1. The molecule has 0 radical (unpaired) electrons. The Bertz CT molecular complexity index is 933. The molecule has 0 amide bonds. The Morgan fingerprint density at radius 2 is 1.96 bits per heavy atom. The quantitative estimate of drug-likeness (QED) is 0.680. The van der Waals surface area contributed by atoms with E-state index in [0.717, 1.165) is 30.2 Å². The summed E-state index contributed by atoms with van der Waals surface area (Å²) in [4.78, 5) is 14.8. The summed E-state index contributed by atoms with van der Waals surface area (Å²) in [5.74, 6) is -0.0814. The second-order valence-corrected chi connectivity index (χ2v) is 8.60. The van der Waals surface area contributed by atoms with Crippen molar-refractivity contribution in [3.8, 4) is 0 Å². The maximum atomic E-state index is 12.7. The first-order valence-corrected chi connectivity index (χ1v) is 10.0. The highest BCUT2D eigenvalue weighted by Crippen LogP contribution is 2.29. The molecule has 0 aliphatic carbocycles. The number of hydrogen-bond acceptors (Lipinski definition) is 8. The summed E-state index contributed by atoms with van der Waals surface area (Å²) in [7, 11) is -0.783. The topological polar surface area (TPSA) is 106 Å². The van der Waals surface area contributed by atoms with Gasteiger partial charge in [0, 0.05) is 34.1 Å². The molecule has 1 saturated heterocycles. The molecule has 1 aromatic carbocycles. The van der Waals surface area contributed by atoms with Crippen molar-refractivity contribution < 1.29 is 22.4 Å². The van der Waals surface area contributed by atoms with Gasteiger partial charge >= 0.3 is 5.97 Å². The Morgan fingerprint density at radius 3 is 2.56 bits per heavy atom. The average Bonchev–Trinajstić information content (AvgIpc) is 3.30. The molecule has 2 heterocycles. The Balaban J connectivity index is 1.92. The molecule has 1 aliphatic rings. The summed E-state index contributed by atoms with van der Waals surface area (Å²) in [6.45, 7) is 3.08. The van der Waals surface area contributed by atoms with Crippen LogP contribution < -0.4 is 4.90 Å². The van der Waals surface area contributed by atoms with Gasteiger partial charge in [0.1, 0.15) is 0 Å². The molecule has 0 bridgehead atoms. The lowest BCUT2D eigenvalue weighted by Gasteiger charge is -2.22. The number of sulfonamides is 1. The second-order valence-electron chi connectivity index (χ2n) is 6.45. The van der Waals surface area contributed by atoms with Crippen LogP contribution >= 0.6 is 0 Å². The standard InChI is InChI=1S/C17H22N4O5S/c1-12-18-19-16(26-12)11-25-17(22)14-10-13(27(23,24)20(2)3)6-7-15(14)21-8-4-5-9-21/h6-7,10H,4-5,8-9,11H2,1-3H3. The van der Waals surface area contributed by atoms with Gasteiger partial charge in [-0.05, 0) is 31.0 Å². The number of hydrogen-bond donors (Lipinski definition) is 0. The normalized spacial score (nSPS) is 14.7. The summed E-state index contributed by atoms with van der Waals surface area (Å²) in [6.07, 6.45) is 2.04. The monoisotopic (exact) mass is 394 g/mol. The van der Waals surface area contributed by atoms with Crippen molar-refractivity contribution in [1.82, 2.24) is 14.5 Å². The van der Waals surface area contributed by atoms with Crippen molar-refractivity contribution in [2.24, 2.45) is 0 Å². The summed E-state index contributed by atoms with van der Waals surface area (Å²) < 4.78 is 36.5. The minimum absolute atomic E-state index is 0.0380. The molecule has 1 aliphatic heterocycles. The van der Waals surface area contributed by atoms with E-state index in [1.165, 1.54) is 26.2 Å². The summed E-state index contributed by atoms with van der Waals surface area (Å²) in [5.41, 5.74) is 0.868. The van der Waals surface area contributed by atoms with Crippen LogP contribution in [0.5, 0.6) is 0 Å². The molecule has 27 heavy (non-hydrogen) atoms. The van der Waals surface area contributed by atoms with Gasteiger partial charge in [-0.3, -0.25) is 0 Å². The van der Waals surface area contributed by atoms with Crippen LogP contribution in [-0.2, 0) is 21.4 Å². The van der Waals surface area contributed by atoms with Crippen LogP contribution in [0.4, 0.5) is 5.69 Å². The van der Waals surface area contributed by atoms with Crippen LogP contribution in [0.1, 0.15) is 35.0 Å². The largest absolute Gasteiger partial charge is 0.452 e. The number of ether oxygens (including phenoxy) is 1. The van der Waals surface area contributed by atoms with E-state index < -0.39 is 16.0 Å². The number of rotatable bonds is 6. The summed E-state index contributed by atoms with van der Waals surface area (Å²) >= 11 is 0. The first-order chi connectivity index (χ1) is 12.8. The zero-order chi connectivity index (χ0) is 19.6. The number of anilines is 1. The van der Waals surface area contributed by atoms with Crippen LogP contribution in [0.2, 0.25) is 0 Å². The average molecular weight is 394 g/mol. The highest BCUT2D eigenvalue weighted by atomic mass is 32.2. The van der Waals surface area contributed by atoms with Crippen molar-refractivity contribution in [3.05, 3.63) is 35.5 Å². The van der Waals surface area contributed by atoms with Crippen LogP contribution in [0.3, 0.4) is 0 Å². The zero-order valence-corrected chi connectivity index (χ0v) is 16.3. The lowest BCUT2D eigenvalue weighted by Crippen LogP contribution is -2.24. The molecule has 9 nitrogen and oxygen atoms in total. The highest BCUT2D eigenvalue weighted by molar-refractivity contribution is 7.89. The molecule has 1 fully saturated rings. The van der Waals surface area contributed by atoms with Gasteiger partial charge in [0.05, 0.1) is 16.1 Å². The molecule has 146 valence electrons. The van der Waals surface area contributed by atoms with Gasteiger partial charge in [-0.25, -0.2) is 17.5 Å². The maximum Gasteiger partial charge on any atom is 0.340 e. The maximum absolute atomic E-state index is 12.7. The van der Waals surface area contributed by atoms with Gasteiger partial charge in [-0.15, -0.1) is 10.2 Å². The molecule has 3 rings (SSSR count). The van der Waals surface area contributed by atoms with E-state index in [2.05, 4.69) is 15.1 Å². The Morgan fingerprint density at radius 1 is 1.26 bits per heavy atom. The van der Waals surface area contributed by atoms with Crippen molar-refractivity contribution in [3.63, 3.8) is 0 Å². The Kier molecular flexibility index (Phi) is 5.47. The van der Waals surface area contributed by atoms with E-state index in [1.54, 1.807) is 13.0 Å². The Hall–Kier alpha value is -2.46. The molecular formula is C17H22N4O5S. The van der Waals surface area contributed by atoms with Crippen LogP contribution in [0.15, 0.2) is 27.5 Å². The van der Waals surface area contributed by atoms with Gasteiger partial charge in [0.15, 0.2) is 6.61 Å². The molecule has 0 spiro atoms. The van der Waals surface area contributed by atoms with Gasteiger partial charge in [0.2, 0.25) is 15.9 Å². The van der Waals surface area contributed by atoms with Crippen LogP contribution in [0.25, 0.3) is 0 Å². The third-order valence-electron chi connectivity index (χ3n) is 4.31. The fourth-order valence-corrected chi connectivity index (χ4v) is 3.81. The molecule has 0 unspecified atom stereocenters. The predicted octanol–water partition coefficient (Wildman–Crippen LogP) is 1.59. The van der Waals surface area contributed by atoms with Gasteiger partial charge in [-0.1, -0.05) is 0 Å². The first kappa shape index (κ1) is 19.3. The number of carbonyl (C=O) groups excluding carboxylic acids is 1. The fraction of sp³-hybridized carbons (Fsp3) is 0.471. The minimum atomic E-state index is -3.67. The number of nitrogens with zero attached hydrogens (tertiary/aromatic N) is 4. The fourth-order valence-electron chi connectivity index (χ4n) is 2.88. The summed E-state index contributed by atoms with van der Waals surface area (Å²) in [6, 6.07) is 4.54. The molecule has 0 saturated carbocycles. The number of carbonyl (C=O) groups is 1. The van der Waals surface area contributed by atoms with Crippen LogP contribution in [0, 0.1) is 6.92 Å². The van der Waals surface area contributed by atoms with Crippen molar-refractivity contribution in [1.29, 1.82) is 0 Å². The first-order valence-electron chi connectivity index (χ1n) is 8.56. The SMILES string of the molecule is Cc1nnc(COC(=O)c2cc(S(=O)(=O)N(C)C)ccc2N2CCCC2)o1. The Labute approximate surface area is 158 Å². The summed E-state index contributed by atoms with van der Waals surface area (Å²) in [5, 5.41) is 7.47. The molecular weight excluding hydrogens is 372 g/mol. The van der Waals surface area contributed by atoms with E-state index in [9.17, 15) is 13.2 Å². The lowest BCUT2D eigenvalue weighted by molar-refractivity contribution is 0.0437. The van der Waals surface area contributed by atoms with E-state index in [0.29, 0.717) is 11.6 Å². The number of aromatic nitrogens is 2. The minimum Gasteiger partial charge on any atom is -0.452 e. The van der Waals surface area contributed by atoms with Crippen molar-refractivity contribution in [2.45, 2.75) is 31.3 Å². The molecule has 0 N–H and O–H groups in total. The van der Waals surface area contributed by atoms with E-state index in [4.69, 9.17) is 9.15 Å². The van der Waals surface area contributed by atoms with Gasteiger partial charge in [-0.2, -0.15) is 0 Å². The van der Waals surface area contributed by atoms with E-state index in [-0.39, 0.29) is 23.0 Å². The van der Waals surface area contributed by atoms with E-state index >= 15 is 0 Å². The van der Waals surface area contributed by atoms with Crippen molar-refractivity contribution in [2.75, 3.05) is 32.1 Å². The third kappa shape index (κ3) is 4.11. The van der Waals surface area contributed by atoms with E-state index in [1.807, 2.05) is 0 Å². The van der Waals surface area contributed by atoms with Gasteiger partial charge < -0.3 is 14.1 Å². The zero-order valence-electron chi connectivity index (χ0n) is 15.5. The number of esters is 1. The van der Waals surface area contributed by atoms with Crippen molar-refractivity contribution >= 4 is 21.7 Å². The molecule has 10 heteroatoms. The van der Waals surface area contributed by atoms with Crippen LogP contribution in [-0.4, -0.2) is 56.1 Å². The second kappa shape index (κ2) is 7.65. The molecule has 0 atom stereocenters. The lowest BCUT2D eigenvalue weighted by atomic mass is 10.1. The third-order valence-corrected chi connectivity index (χ3v) is 6.12. The predicted molar refractivity (Wildman–Crippen MR) is 96.9 cm³/mol. The molecule has 2 aromatic rings. The highest BCUT2D eigenvalue weighted by Gasteiger charge is 2.25. The number of aryl methyl sites for hydroxylation is 1. The molecule has 1 aromatic heterocycles. The van der Waals surface area contributed by atoms with Gasteiger partial charge in [0.25, 0.3) is 5.89 Å². The smallest absolute Gasteiger partial charge is 0.340 e.